The molecule has 6 atom stereocenters. The summed E-state index contributed by atoms with van der Waals surface area (Å²) in [4.78, 5) is 42.8. The minimum absolute atomic E-state index is 0.0628. The lowest BCUT2D eigenvalue weighted by molar-refractivity contribution is -0.135. The number of hydrogen-bond acceptors (Lipinski definition) is 7. The van der Waals surface area contributed by atoms with E-state index in [1.807, 2.05) is 51.1 Å². The quantitative estimate of drug-likeness (QED) is 0.285. The number of aliphatic hydroxyl groups is 1. The fourth-order valence-electron chi connectivity index (χ4n) is 6.53. The lowest BCUT2D eigenvalue weighted by atomic mass is 9.72. The number of hydrogen-bond donors (Lipinski definition) is 4. The highest BCUT2D eigenvalue weighted by Gasteiger charge is 2.47. The van der Waals surface area contributed by atoms with Gasteiger partial charge in [-0.3, -0.25) is 19.3 Å². The van der Waals surface area contributed by atoms with Crippen LogP contribution in [0, 0.1) is 17.3 Å². The normalized spacial score (nSPS) is 23.4. The highest BCUT2D eigenvalue weighted by molar-refractivity contribution is 7.92. The maximum absolute atomic E-state index is 14.0. The molecule has 1 aromatic rings. The molecule has 1 aromatic carbocycles. The highest BCUT2D eigenvalue weighted by atomic mass is 32.2. The van der Waals surface area contributed by atoms with E-state index in [4.69, 9.17) is 0 Å². The topological polar surface area (TPSA) is 145 Å². The summed E-state index contributed by atoms with van der Waals surface area (Å²) in [5.41, 5.74) is -0.409. The van der Waals surface area contributed by atoms with Gasteiger partial charge in [0.15, 0.2) is 9.84 Å². The van der Waals surface area contributed by atoms with Crippen LogP contribution in [0.15, 0.2) is 30.3 Å². The van der Waals surface area contributed by atoms with Gasteiger partial charge in [0.2, 0.25) is 17.7 Å². The van der Waals surface area contributed by atoms with Crippen LogP contribution in [0.2, 0.25) is 0 Å². The van der Waals surface area contributed by atoms with Gasteiger partial charge in [0.25, 0.3) is 0 Å². The molecule has 1 saturated carbocycles. The highest BCUT2D eigenvalue weighted by Crippen LogP contribution is 2.39. The second-order valence-corrected chi connectivity index (χ2v) is 18.8. The Morgan fingerprint density at radius 3 is 2.07 bits per heavy atom. The number of carbonyl (C=O) groups excluding carboxylic acids is 3. The number of amides is 3. The van der Waals surface area contributed by atoms with Crippen molar-refractivity contribution in [3.63, 3.8) is 0 Å². The van der Waals surface area contributed by atoms with E-state index in [1.165, 1.54) is 20.3 Å². The molecule has 2 aliphatic rings. The molecule has 6 unspecified atom stereocenters. The van der Waals surface area contributed by atoms with Gasteiger partial charge in [-0.1, -0.05) is 70.4 Å². The van der Waals surface area contributed by atoms with Crippen molar-refractivity contribution in [1.29, 1.82) is 0 Å². The molecule has 46 heavy (non-hydrogen) atoms. The van der Waals surface area contributed by atoms with Gasteiger partial charge in [0.1, 0.15) is 6.04 Å². The van der Waals surface area contributed by atoms with E-state index in [1.54, 1.807) is 20.8 Å². The maximum Gasteiger partial charge on any atom is 0.244 e. The summed E-state index contributed by atoms with van der Waals surface area (Å²) in [5.74, 6) is -0.321. The van der Waals surface area contributed by atoms with Crippen LogP contribution < -0.4 is 16.0 Å². The van der Waals surface area contributed by atoms with Crippen LogP contribution >= 0.6 is 0 Å². The first-order valence-corrected chi connectivity index (χ1v) is 18.6. The lowest BCUT2D eigenvalue weighted by Gasteiger charge is -2.47. The number of piperidine rings is 1. The second kappa shape index (κ2) is 14.7. The minimum atomic E-state index is -3.81. The summed E-state index contributed by atoms with van der Waals surface area (Å²) in [5, 5.41) is 20.6. The van der Waals surface area contributed by atoms with E-state index in [0.717, 1.165) is 37.5 Å². The third-order valence-electron chi connectivity index (χ3n) is 9.68. The number of aliphatic hydroxyl groups excluding tert-OH is 1. The molecular weight excluding hydrogens is 604 g/mol. The smallest absolute Gasteiger partial charge is 0.244 e. The maximum atomic E-state index is 14.0. The van der Waals surface area contributed by atoms with Crippen molar-refractivity contribution in [3.8, 4) is 0 Å². The lowest BCUT2D eigenvalue weighted by Crippen LogP contribution is -2.64. The number of nitrogens with zero attached hydrogens (tertiary/aromatic N) is 1. The number of benzene rings is 1. The SMILES string of the molecule is CC(C)(C)NC(=O)C1CC2CCCCC2CN1CC(O)C(Cc1ccccc1)NC(=O)C(NC(=O)C(C)(C)C)C(C)(C)S(C)(=O)=O. The van der Waals surface area contributed by atoms with Gasteiger partial charge >= 0.3 is 0 Å². The van der Waals surface area contributed by atoms with Crippen LogP contribution in [0.5, 0.6) is 0 Å². The molecule has 0 aromatic heterocycles. The number of β-amino-alcohol motifs (C(OH)–C–C–N with tert-alkyl or cyclic N) is 1. The van der Waals surface area contributed by atoms with Crippen LogP contribution in [-0.2, 0) is 30.6 Å². The van der Waals surface area contributed by atoms with Crippen LogP contribution in [0.25, 0.3) is 0 Å². The summed E-state index contributed by atoms with van der Waals surface area (Å²) in [6.07, 6.45) is 5.46. The fourth-order valence-corrected chi connectivity index (χ4v) is 7.12. The average molecular weight is 663 g/mol. The largest absolute Gasteiger partial charge is 0.390 e. The molecule has 1 aliphatic carbocycles. The van der Waals surface area contributed by atoms with Gasteiger partial charge in [0, 0.05) is 30.3 Å². The molecule has 3 amide bonds. The van der Waals surface area contributed by atoms with Crippen molar-refractivity contribution in [2.45, 2.75) is 128 Å². The molecule has 0 spiro atoms. The number of likely N-dealkylation sites (tertiary alicyclic amines) is 1. The summed E-state index contributed by atoms with van der Waals surface area (Å²) < 4.78 is 24.1. The number of fused-ring (bicyclic) bond motifs is 1. The predicted molar refractivity (Wildman–Crippen MR) is 182 cm³/mol. The molecule has 1 aliphatic heterocycles. The van der Waals surface area contributed by atoms with E-state index < -0.39 is 61.6 Å². The first-order valence-electron chi connectivity index (χ1n) is 16.7. The van der Waals surface area contributed by atoms with Crippen LogP contribution in [-0.4, -0.2) is 90.0 Å². The Hall–Kier alpha value is -2.50. The predicted octanol–water partition coefficient (Wildman–Crippen LogP) is 3.22. The monoisotopic (exact) mass is 662 g/mol. The van der Waals surface area contributed by atoms with E-state index in [9.17, 15) is 27.9 Å². The summed E-state index contributed by atoms with van der Waals surface area (Å²) in [7, 11) is -3.81. The van der Waals surface area contributed by atoms with E-state index in [0.29, 0.717) is 18.4 Å². The molecule has 11 heteroatoms. The Morgan fingerprint density at radius 2 is 1.52 bits per heavy atom. The molecule has 0 bridgehead atoms. The van der Waals surface area contributed by atoms with Gasteiger partial charge in [0.05, 0.1) is 22.9 Å². The van der Waals surface area contributed by atoms with Gasteiger partial charge in [-0.15, -0.1) is 0 Å². The Kier molecular flexibility index (Phi) is 12.2. The Morgan fingerprint density at radius 1 is 0.935 bits per heavy atom. The number of rotatable bonds is 11. The zero-order valence-electron chi connectivity index (χ0n) is 29.4. The summed E-state index contributed by atoms with van der Waals surface area (Å²) in [6.45, 7) is 14.6. The zero-order valence-corrected chi connectivity index (χ0v) is 30.2. The van der Waals surface area contributed by atoms with Crippen LogP contribution in [0.3, 0.4) is 0 Å². The van der Waals surface area contributed by atoms with Gasteiger partial charge in [-0.25, -0.2) is 8.42 Å². The van der Waals surface area contributed by atoms with E-state index in [-0.39, 0.29) is 18.9 Å². The molecule has 10 nitrogen and oxygen atoms in total. The van der Waals surface area contributed by atoms with Crippen LogP contribution in [0.1, 0.15) is 93.1 Å². The van der Waals surface area contributed by atoms with Crippen molar-refractivity contribution in [3.05, 3.63) is 35.9 Å². The van der Waals surface area contributed by atoms with E-state index >= 15 is 0 Å². The third kappa shape index (κ3) is 10.0. The molecule has 3 rings (SSSR count). The van der Waals surface area contributed by atoms with Crippen LogP contribution in [0.4, 0.5) is 0 Å². The molecule has 4 N–H and O–H groups in total. The summed E-state index contributed by atoms with van der Waals surface area (Å²) >= 11 is 0. The van der Waals surface area contributed by atoms with Gasteiger partial charge < -0.3 is 21.1 Å². The Bertz CT molecular complexity index is 1320. The first-order chi connectivity index (χ1) is 21.1. The molecular formula is C35H58N4O6S. The molecule has 260 valence electrons. The van der Waals surface area contributed by atoms with Gasteiger partial charge in [-0.05, 0) is 71.3 Å². The number of carbonyl (C=O) groups is 3. The van der Waals surface area contributed by atoms with Gasteiger partial charge in [-0.2, -0.15) is 0 Å². The first kappa shape index (κ1) is 38.0. The number of nitrogens with one attached hydrogen (secondary N) is 3. The fraction of sp³-hybridized carbons (Fsp3) is 0.743. The van der Waals surface area contributed by atoms with Crippen molar-refractivity contribution in [2.75, 3.05) is 19.3 Å². The molecule has 1 saturated heterocycles. The molecule has 1 heterocycles. The van der Waals surface area contributed by atoms with Crippen molar-refractivity contribution in [2.24, 2.45) is 17.3 Å². The Balaban J connectivity index is 1.94. The average Bonchev–Trinajstić information content (AvgIpc) is 2.93. The van der Waals surface area contributed by atoms with E-state index in [2.05, 4.69) is 20.9 Å². The molecule has 0 radical (unpaired) electrons. The Labute approximate surface area is 276 Å². The van der Waals surface area contributed by atoms with Crippen molar-refractivity contribution in [1.82, 2.24) is 20.9 Å². The molecule has 2 fully saturated rings. The zero-order chi connectivity index (χ0) is 34.7. The second-order valence-electron chi connectivity index (χ2n) is 16.2. The minimum Gasteiger partial charge on any atom is -0.390 e. The standard InChI is InChI=1S/C35H58N4O6S/c1-33(2,3)32(43)37-29(35(7,8)46(9,44)45)31(42)36-26(19-23-15-11-10-12-16-23)28(40)22-39-21-25-18-14-13-17-24(25)20-27(39)30(41)38-34(4,5)6/h10-12,15-16,24-29,40H,13-14,17-22H2,1-9H3,(H,36,42)(H,37,43)(H,38,41). The third-order valence-corrected chi connectivity index (χ3v) is 11.8. The summed E-state index contributed by atoms with van der Waals surface area (Å²) in [6, 6.07) is 6.78. The van der Waals surface area contributed by atoms with Crippen molar-refractivity contribution >= 4 is 27.6 Å². The number of sulfone groups is 1. The van der Waals surface area contributed by atoms with Crippen molar-refractivity contribution < 1.29 is 27.9 Å².